The molecule has 8 nitrogen and oxygen atoms in total. The molecule has 3 rings (SSSR count). The van der Waals surface area contributed by atoms with Crippen molar-refractivity contribution in [2.24, 2.45) is 0 Å². The van der Waals surface area contributed by atoms with Crippen LogP contribution in [0.2, 0.25) is 0 Å². The molecule has 0 radical (unpaired) electrons. The summed E-state index contributed by atoms with van der Waals surface area (Å²) in [5.41, 5.74) is 0.712. The number of anilines is 1. The van der Waals surface area contributed by atoms with Crippen LogP contribution < -0.4 is 14.8 Å². The van der Waals surface area contributed by atoms with Crippen LogP contribution in [0.1, 0.15) is 25.6 Å². The maximum absolute atomic E-state index is 12.4. The Kier molecular flexibility index (Phi) is 7.00. The number of hydrogen-bond acceptors (Lipinski definition) is 7. The highest BCUT2D eigenvalue weighted by Crippen LogP contribution is 2.30. The van der Waals surface area contributed by atoms with E-state index in [0.717, 1.165) is 0 Å². The Hall–Kier alpha value is -4.42. The molecule has 0 aliphatic heterocycles. The van der Waals surface area contributed by atoms with E-state index in [1.165, 1.54) is 60.9 Å². The number of nitrogens with zero attached hydrogens (tertiary/aromatic N) is 1. The lowest BCUT2D eigenvalue weighted by Gasteiger charge is -2.10. The van der Waals surface area contributed by atoms with Crippen molar-refractivity contribution in [2.75, 3.05) is 12.4 Å². The third-order valence-electron chi connectivity index (χ3n) is 4.18. The Labute approximate surface area is 186 Å². The number of methoxy groups -OCH3 is 1. The van der Waals surface area contributed by atoms with Crippen LogP contribution in [-0.2, 0) is 4.79 Å². The van der Waals surface area contributed by atoms with Gasteiger partial charge in [-0.05, 0) is 59.5 Å². The van der Waals surface area contributed by atoms with Gasteiger partial charge in [0.25, 0.3) is 5.91 Å². The molecule has 0 spiro atoms. The van der Waals surface area contributed by atoms with Crippen LogP contribution in [0.3, 0.4) is 0 Å². The lowest BCUT2D eigenvalue weighted by atomic mass is 10.1. The highest BCUT2D eigenvalue weighted by molar-refractivity contribution is 7.12. The van der Waals surface area contributed by atoms with Gasteiger partial charge in [0.2, 0.25) is 0 Å². The maximum Gasteiger partial charge on any atom is 0.353 e. The van der Waals surface area contributed by atoms with Crippen LogP contribution in [0.4, 0.5) is 5.69 Å². The van der Waals surface area contributed by atoms with Crippen LogP contribution >= 0.6 is 11.3 Å². The minimum atomic E-state index is -1.08. The molecule has 0 saturated carbocycles. The van der Waals surface area contributed by atoms with Gasteiger partial charge >= 0.3 is 11.9 Å². The highest BCUT2D eigenvalue weighted by atomic mass is 32.1. The Bertz CT molecular complexity index is 1220. The number of nitriles is 1. The second-order valence-corrected chi connectivity index (χ2v) is 7.23. The number of carboxylic acid groups (broad SMARTS) is 1. The number of carboxylic acids is 1. The summed E-state index contributed by atoms with van der Waals surface area (Å²) in [6.07, 6.45) is 1.36. The van der Waals surface area contributed by atoms with E-state index in [-0.39, 0.29) is 22.6 Å². The first-order valence-corrected chi connectivity index (χ1v) is 9.99. The first-order valence-electron chi connectivity index (χ1n) is 9.11. The van der Waals surface area contributed by atoms with Gasteiger partial charge in [0.15, 0.2) is 11.5 Å². The van der Waals surface area contributed by atoms with E-state index in [1.807, 2.05) is 6.07 Å². The van der Waals surface area contributed by atoms with Crippen molar-refractivity contribution < 1.29 is 29.0 Å². The fourth-order valence-electron chi connectivity index (χ4n) is 2.61. The fraction of sp³-hybridized carbons (Fsp3) is 0.0435. The van der Waals surface area contributed by atoms with Gasteiger partial charge in [-0.25, -0.2) is 9.59 Å². The van der Waals surface area contributed by atoms with Crippen molar-refractivity contribution in [3.8, 4) is 17.6 Å². The van der Waals surface area contributed by atoms with E-state index in [9.17, 15) is 19.6 Å². The molecule has 0 aliphatic carbocycles. The summed E-state index contributed by atoms with van der Waals surface area (Å²) < 4.78 is 10.6. The minimum Gasteiger partial charge on any atom is -0.493 e. The van der Waals surface area contributed by atoms with Crippen molar-refractivity contribution in [1.82, 2.24) is 0 Å². The first-order chi connectivity index (χ1) is 15.4. The molecule has 0 fully saturated rings. The predicted molar refractivity (Wildman–Crippen MR) is 118 cm³/mol. The molecule has 1 aromatic heterocycles. The molecule has 2 aromatic carbocycles. The smallest absolute Gasteiger partial charge is 0.353 e. The second kappa shape index (κ2) is 10.1. The molecule has 160 valence electrons. The number of ether oxygens (including phenoxy) is 2. The average Bonchev–Trinajstić information content (AvgIpc) is 3.33. The maximum atomic E-state index is 12.4. The van der Waals surface area contributed by atoms with E-state index >= 15 is 0 Å². The number of carbonyl (C=O) groups excluding carboxylic acids is 2. The van der Waals surface area contributed by atoms with Crippen LogP contribution in [0.5, 0.6) is 11.5 Å². The summed E-state index contributed by atoms with van der Waals surface area (Å²) in [5, 5.41) is 22.6. The zero-order valence-electron chi connectivity index (χ0n) is 16.7. The largest absolute Gasteiger partial charge is 0.493 e. The molecule has 0 saturated heterocycles. The number of carbonyl (C=O) groups is 3. The number of nitrogens with one attached hydrogen (secondary N) is 1. The van der Waals surface area contributed by atoms with E-state index in [2.05, 4.69) is 5.32 Å². The Morgan fingerprint density at radius 1 is 1.09 bits per heavy atom. The summed E-state index contributed by atoms with van der Waals surface area (Å²) in [6, 6.07) is 15.4. The number of rotatable bonds is 7. The standard InChI is InChI=1S/C23H16N2O6S/c1-30-19-12-14(4-9-18(19)31-23(29)20-3-2-10-32-20)11-16(13-24)21(26)25-17-7-5-15(6-8-17)22(27)28/h2-12H,1H3,(H,25,26)(H,27,28)/b16-11+. The molecule has 3 aromatic rings. The van der Waals surface area contributed by atoms with Crippen molar-refractivity contribution >= 4 is 40.9 Å². The number of thiophene rings is 1. The molecule has 32 heavy (non-hydrogen) atoms. The SMILES string of the molecule is COc1cc(/C=C(\C#N)C(=O)Nc2ccc(C(=O)O)cc2)ccc1OC(=O)c1cccs1. The summed E-state index contributed by atoms with van der Waals surface area (Å²) in [5.74, 6) is -1.82. The van der Waals surface area contributed by atoms with Gasteiger partial charge in [0.1, 0.15) is 16.5 Å². The van der Waals surface area contributed by atoms with E-state index in [1.54, 1.807) is 23.6 Å². The van der Waals surface area contributed by atoms with Crippen molar-refractivity contribution in [1.29, 1.82) is 5.26 Å². The molecule has 2 N–H and O–H groups in total. The number of amides is 1. The number of hydrogen-bond donors (Lipinski definition) is 2. The third kappa shape index (κ3) is 5.38. The Morgan fingerprint density at radius 3 is 2.44 bits per heavy atom. The summed E-state index contributed by atoms with van der Waals surface area (Å²) in [7, 11) is 1.41. The van der Waals surface area contributed by atoms with Gasteiger partial charge in [-0.1, -0.05) is 12.1 Å². The Morgan fingerprint density at radius 2 is 1.84 bits per heavy atom. The molecule has 0 bridgehead atoms. The minimum absolute atomic E-state index is 0.0750. The van der Waals surface area contributed by atoms with Gasteiger partial charge < -0.3 is 19.9 Å². The average molecular weight is 448 g/mol. The van der Waals surface area contributed by atoms with Crippen LogP contribution in [0.25, 0.3) is 6.08 Å². The topological polar surface area (TPSA) is 126 Å². The van der Waals surface area contributed by atoms with E-state index < -0.39 is 17.8 Å². The lowest BCUT2D eigenvalue weighted by molar-refractivity contribution is -0.112. The van der Waals surface area contributed by atoms with E-state index in [0.29, 0.717) is 16.1 Å². The Balaban J connectivity index is 1.77. The lowest BCUT2D eigenvalue weighted by Crippen LogP contribution is -2.13. The molecule has 0 aliphatic rings. The van der Waals surface area contributed by atoms with E-state index in [4.69, 9.17) is 14.6 Å². The van der Waals surface area contributed by atoms with Crippen LogP contribution in [0, 0.1) is 11.3 Å². The summed E-state index contributed by atoms with van der Waals surface area (Å²) >= 11 is 1.25. The van der Waals surface area contributed by atoms with Gasteiger partial charge in [0, 0.05) is 5.69 Å². The zero-order valence-corrected chi connectivity index (χ0v) is 17.5. The molecular formula is C23H16N2O6S. The number of esters is 1. The second-order valence-electron chi connectivity index (χ2n) is 6.28. The third-order valence-corrected chi connectivity index (χ3v) is 5.03. The van der Waals surface area contributed by atoms with Crippen LogP contribution in [0.15, 0.2) is 65.6 Å². The highest BCUT2D eigenvalue weighted by Gasteiger charge is 2.15. The molecule has 0 atom stereocenters. The number of benzene rings is 2. The summed E-state index contributed by atoms with van der Waals surface area (Å²) in [4.78, 5) is 36.0. The molecule has 1 amide bonds. The van der Waals surface area contributed by atoms with Crippen LogP contribution in [-0.4, -0.2) is 30.1 Å². The van der Waals surface area contributed by atoms with Gasteiger partial charge in [-0.3, -0.25) is 4.79 Å². The van der Waals surface area contributed by atoms with Gasteiger partial charge in [-0.15, -0.1) is 11.3 Å². The molecule has 0 unspecified atom stereocenters. The molecule has 1 heterocycles. The fourth-order valence-corrected chi connectivity index (χ4v) is 3.21. The first kappa shape index (κ1) is 22.3. The summed E-state index contributed by atoms with van der Waals surface area (Å²) in [6.45, 7) is 0. The molecular weight excluding hydrogens is 432 g/mol. The van der Waals surface area contributed by atoms with Gasteiger partial charge in [0.05, 0.1) is 12.7 Å². The zero-order chi connectivity index (χ0) is 23.1. The molecule has 9 heteroatoms. The number of aromatic carboxylic acids is 1. The van der Waals surface area contributed by atoms with Crippen molar-refractivity contribution in [2.45, 2.75) is 0 Å². The van der Waals surface area contributed by atoms with Crippen molar-refractivity contribution in [3.63, 3.8) is 0 Å². The van der Waals surface area contributed by atoms with Gasteiger partial charge in [-0.2, -0.15) is 5.26 Å². The van der Waals surface area contributed by atoms with Crippen molar-refractivity contribution in [3.05, 3.63) is 81.6 Å². The monoisotopic (exact) mass is 448 g/mol. The quantitative estimate of drug-likeness (QED) is 0.240. The predicted octanol–water partition coefficient (Wildman–Crippen LogP) is 4.22. The normalized spacial score (nSPS) is 10.7.